The number of fused-ring (bicyclic) bond motifs is 3. The molecule has 0 spiro atoms. The molecule has 0 saturated carbocycles. The summed E-state index contributed by atoms with van der Waals surface area (Å²) in [4.78, 5) is 58.8. The molecule has 50 heavy (non-hydrogen) atoms. The number of methoxy groups -OCH3 is 2. The molecule has 3 aliphatic carbocycles. The molecule has 4 atom stereocenters. The van der Waals surface area contributed by atoms with Gasteiger partial charge in [-0.3, -0.25) is 24.1 Å². The van der Waals surface area contributed by atoms with Crippen LogP contribution in [0.4, 0.5) is 22.7 Å². The van der Waals surface area contributed by atoms with Gasteiger partial charge in [0.2, 0.25) is 11.8 Å². The van der Waals surface area contributed by atoms with E-state index >= 15 is 0 Å². The quantitative estimate of drug-likeness (QED) is 0.120. The number of ether oxygens (including phenoxy) is 2. The topological polar surface area (TPSA) is 138 Å². The summed E-state index contributed by atoms with van der Waals surface area (Å²) in [6, 6.07) is 17.2. The number of Topliss-reactive ketones (excluding diaryl/α,β-unsaturated/α-hetero) is 1. The maximum atomic E-state index is 14.3. The van der Waals surface area contributed by atoms with Gasteiger partial charge >= 0.3 is 0 Å². The van der Waals surface area contributed by atoms with Gasteiger partial charge in [-0.05, 0) is 83.2 Å². The smallest absolute Gasteiger partial charge is 0.238 e. The summed E-state index contributed by atoms with van der Waals surface area (Å²) in [6.07, 6.45) is 3.55. The minimum Gasteiger partial charge on any atom is -0.508 e. The van der Waals surface area contributed by atoms with Crippen molar-refractivity contribution in [2.45, 2.75) is 18.8 Å². The van der Waals surface area contributed by atoms with E-state index in [1.165, 1.54) is 37.3 Å². The molecular formula is C38H33BrN4O7. The molecule has 0 radical (unpaired) electrons. The Hall–Kier alpha value is -5.36. The van der Waals surface area contributed by atoms with Gasteiger partial charge in [-0.25, -0.2) is 0 Å². The van der Waals surface area contributed by atoms with Crippen molar-refractivity contribution in [2.24, 2.45) is 28.0 Å². The van der Waals surface area contributed by atoms with Gasteiger partial charge in [-0.2, -0.15) is 10.2 Å². The van der Waals surface area contributed by atoms with E-state index in [2.05, 4.69) is 26.2 Å². The highest BCUT2D eigenvalue weighted by Crippen LogP contribution is 2.58. The standard InChI is InChI=1S/C38H33BrN4O7/c1-42(2)21-9-5-19(6-10-21)40-41-20-7-11-22(12-8-20)43-37(47)25-14-13-24-26(32(25)38(43)48)17-27-33(29(45)18-28(39)36(27)46)34(24)35-30(49-3)15-23(44)16-31(35)50-4/h5-13,15-16,18,25-26,32,34,44H,14,17H2,1-4H3. The van der Waals surface area contributed by atoms with E-state index in [9.17, 15) is 24.3 Å². The van der Waals surface area contributed by atoms with Crippen LogP contribution in [-0.4, -0.2) is 56.8 Å². The first-order valence-corrected chi connectivity index (χ1v) is 16.8. The number of phenolic OH excluding ortho intramolecular Hbond substituents is 1. The van der Waals surface area contributed by atoms with Crippen molar-refractivity contribution >= 4 is 62.1 Å². The Labute approximate surface area is 296 Å². The van der Waals surface area contributed by atoms with E-state index < -0.39 is 23.7 Å². The predicted octanol–water partition coefficient (Wildman–Crippen LogP) is 6.86. The number of nitrogens with zero attached hydrogens (tertiary/aromatic N) is 4. The number of imide groups is 1. The second-order valence-corrected chi connectivity index (χ2v) is 13.7. The van der Waals surface area contributed by atoms with E-state index in [0.717, 1.165) is 11.3 Å². The summed E-state index contributed by atoms with van der Waals surface area (Å²) in [5, 5.41) is 19.0. The zero-order valence-corrected chi connectivity index (χ0v) is 29.3. The van der Waals surface area contributed by atoms with Crippen molar-refractivity contribution in [3.63, 3.8) is 0 Å². The highest BCUT2D eigenvalue weighted by Gasteiger charge is 2.57. The first-order valence-electron chi connectivity index (χ1n) is 16.0. The number of hydrogen-bond acceptors (Lipinski definition) is 10. The first-order chi connectivity index (χ1) is 24.0. The fourth-order valence-electron chi connectivity index (χ4n) is 7.60. The van der Waals surface area contributed by atoms with Crippen LogP contribution in [0.3, 0.4) is 0 Å². The molecule has 3 aromatic rings. The van der Waals surface area contributed by atoms with Crippen LogP contribution in [0.5, 0.6) is 17.2 Å². The highest BCUT2D eigenvalue weighted by atomic mass is 79.9. The van der Waals surface area contributed by atoms with Crippen molar-refractivity contribution in [3.8, 4) is 17.2 Å². The van der Waals surface area contributed by atoms with Gasteiger partial charge in [0.15, 0.2) is 11.6 Å². The maximum absolute atomic E-state index is 14.3. The van der Waals surface area contributed by atoms with Gasteiger partial charge in [0.05, 0.1) is 47.6 Å². The Balaban J connectivity index is 1.23. The molecule has 12 heteroatoms. The second-order valence-electron chi connectivity index (χ2n) is 12.8. The number of halogens is 1. The van der Waals surface area contributed by atoms with Gasteiger partial charge in [-0.15, -0.1) is 0 Å². The summed E-state index contributed by atoms with van der Waals surface area (Å²) >= 11 is 3.26. The third kappa shape index (κ3) is 5.43. The summed E-state index contributed by atoms with van der Waals surface area (Å²) in [5.41, 5.74) is 4.43. The summed E-state index contributed by atoms with van der Waals surface area (Å²) < 4.78 is 11.5. The normalized spacial score (nSPS) is 23.0. The molecule has 1 saturated heterocycles. The number of allylic oxidation sites excluding steroid dienone is 6. The third-order valence-corrected chi connectivity index (χ3v) is 10.5. The molecule has 3 aromatic carbocycles. The number of rotatable bonds is 7. The summed E-state index contributed by atoms with van der Waals surface area (Å²) in [5.74, 6) is -3.80. The summed E-state index contributed by atoms with van der Waals surface area (Å²) in [6.45, 7) is 0. The second kappa shape index (κ2) is 12.8. The van der Waals surface area contributed by atoms with Crippen LogP contribution in [-0.2, 0) is 19.2 Å². The van der Waals surface area contributed by atoms with Crippen molar-refractivity contribution in [1.29, 1.82) is 0 Å². The van der Waals surface area contributed by atoms with E-state index in [-0.39, 0.29) is 69.1 Å². The van der Waals surface area contributed by atoms with Gasteiger partial charge in [0.25, 0.3) is 0 Å². The van der Waals surface area contributed by atoms with E-state index in [1.54, 1.807) is 24.3 Å². The SMILES string of the molecule is COc1cc(O)cc(OC)c1C1C2=CCC3C(=O)N(c4ccc(N=Nc5ccc(N(C)C)cc5)cc4)C(=O)C3C2CC2=C1C(=O)C=C(Br)C2=O. The molecule has 1 fully saturated rings. The number of anilines is 2. The van der Waals surface area contributed by atoms with Crippen molar-refractivity contribution < 1.29 is 33.8 Å². The zero-order chi connectivity index (χ0) is 35.4. The van der Waals surface area contributed by atoms with Crippen molar-refractivity contribution in [1.82, 2.24) is 0 Å². The zero-order valence-electron chi connectivity index (χ0n) is 27.7. The molecule has 254 valence electrons. The fourth-order valence-corrected chi connectivity index (χ4v) is 8.05. The molecule has 0 bridgehead atoms. The average Bonchev–Trinajstić information content (AvgIpc) is 3.37. The van der Waals surface area contributed by atoms with Crippen LogP contribution in [0.25, 0.3) is 0 Å². The Morgan fingerprint density at radius 1 is 0.860 bits per heavy atom. The van der Waals surface area contributed by atoms with Gasteiger partial charge in [0, 0.05) is 60.6 Å². The van der Waals surface area contributed by atoms with Crippen LogP contribution >= 0.6 is 15.9 Å². The minimum atomic E-state index is -0.816. The molecule has 1 N–H and O–H groups in total. The number of benzene rings is 3. The van der Waals surface area contributed by atoms with Crippen LogP contribution in [0.15, 0.2) is 104 Å². The third-order valence-electron chi connectivity index (χ3n) is 9.90. The Morgan fingerprint density at radius 3 is 2.04 bits per heavy atom. The fraction of sp³-hybridized carbons (Fsp3) is 0.263. The number of azo groups is 1. The highest BCUT2D eigenvalue weighted by molar-refractivity contribution is 9.12. The van der Waals surface area contributed by atoms with E-state index in [4.69, 9.17) is 9.47 Å². The van der Waals surface area contributed by atoms with Gasteiger partial charge in [-0.1, -0.05) is 11.6 Å². The monoisotopic (exact) mass is 736 g/mol. The molecule has 4 unspecified atom stereocenters. The van der Waals surface area contributed by atoms with E-state index in [0.29, 0.717) is 22.6 Å². The van der Waals surface area contributed by atoms with E-state index in [1.807, 2.05) is 49.3 Å². The molecule has 1 heterocycles. The predicted molar refractivity (Wildman–Crippen MR) is 190 cm³/mol. The lowest BCUT2D eigenvalue weighted by Crippen LogP contribution is -2.39. The Morgan fingerprint density at radius 2 is 1.46 bits per heavy atom. The molecule has 4 aliphatic rings. The number of hydrogen-bond donors (Lipinski definition) is 1. The number of ketones is 2. The molecule has 0 aromatic heterocycles. The lowest BCUT2D eigenvalue weighted by atomic mass is 9.59. The molecule has 2 amide bonds. The largest absolute Gasteiger partial charge is 0.508 e. The number of carbonyl (C=O) groups excluding carboxylic acids is 4. The number of phenols is 1. The van der Waals surface area contributed by atoms with Crippen molar-refractivity contribution in [2.75, 3.05) is 38.1 Å². The lowest BCUT2D eigenvalue weighted by Gasteiger charge is -2.42. The Bertz CT molecular complexity index is 2060. The van der Waals surface area contributed by atoms with Crippen LogP contribution in [0, 0.1) is 17.8 Å². The van der Waals surface area contributed by atoms with Crippen molar-refractivity contribution in [3.05, 3.63) is 99.6 Å². The molecule has 7 rings (SSSR count). The number of aromatic hydroxyl groups is 1. The number of amides is 2. The average molecular weight is 738 g/mol. The first kappa shape index (κ1) is 33.2. The van der Waals surface area contributed by atoms with Gasteiger partial charge in [0.1, 0.15) is 17.2 Å². The molecular weight excluding hydrogens is 704 g/mol. The Kier molecular flexibility index (Phi) is 8.51. The summed E-state index contributed by atoms with van der Waals surface area (Å²) in [7, 11) is 6.80. The minimum absolute atomic E-state index is 0.103. The number of carbonyl (C=O) groups is 4. The molecule has 11 nitrogen and oxygen atoms in total. The van der Waals surface area contributed by atoms with Crippen LogP contribution < -0.4 is 19.3 Å². The lowest BCUT2D eigenvalue weighted by molar-refractivity contribution is -0.123. The maximum Gasteiger partial charge on any atom is 0.238 e. The van der Waals surface area contributed by atoms with Crippen LogP contribution in [0.1, 0.15) is 24.3 Å². The van der Waals surface area contributed by atoms with Gasteiger partial charge < -0.3 is 19.5 Å². The molecule has 1 aliphatic heterocycles. The van der Waals surface area contributed by atoms with Crippen LogP contribution in [0.2, 0.25) is 0 Å².